The van der Waals surface area contributed by atoms with E-state index < -0.39 is 5.60 Å². The summed E-state index contributed by atoms with van der Waals surface area (Å²) in [7, 11) is 0. The maximum absolute atomic E-state index is 10.8. The fourth-order valence-corrected chi connectivity index (χ4v) is 3.30. The molecule has 0 bridgehead atoms. The van der Waals surface area contributed by atoms with Crippen molar-refractivity contribution in [3.05, 3.63) is 35.4 Å². The summed E-state index contributed by atoms with van der Waals surface area (Å²) in [5.74, 6) is 0.673. The van der Waals surface area contributed by atoms with Crippen LogP contribution in [-0.4, -0.2) is 11.1 Å². The van der Waals surface area contributed by atoms with Gasteiger partial charge in [0, 0.05) is 6.04 Å². The zero-order valence-electron chi connectivity index (χ0n) is 10.2. The summed E-state index contributed by atoms with van der Waals surface area (Å²) in [6.45, 7) is 0. The third kappa shape index (κ3) is 1.90. The number of benzene rings is 1. The van der Waals surface area contributed by atoms with Crippen molar-refractivity contribution in [2.45, 2.75) is 56.1 Å². The third-order valence-corrected chi connectivity index (χ3v) is 4.54. The van der Waals surface area contributed by atoms with E-state index in [0.717, 1.165) is 24.8 Å². The minimum Gasteiger partial charge on any atom is -0.385 e. The Hall–Kier alpha value is -0.860. The third-order valence-electron chi connectivity index (χ3n) is 4.54. The van der Waals surface area contributed by atoms with E-state index in [9.17, 15) is 5.11 Å². The summed E-state index contributed by atoms with van der Waals surface area (Å²) >= 11 is 0. The van der Waals surface area contributed by atoms with Crippen molar-refractivity contribution in [2.75, 3.05) is 0 Å². The second kappa shape index (κ2) is 4.11. The van der Waals surface area contributed by atoms with Crippen LogP contribution < -0.4 is 5.73 Å². The van der Waals surface area contributed by atoms with Crippen LogP contribution in [0, 0.1) is 0 Å². The molecule has 3 rings (SSSR count). The molecular formula is C15H21NO. The largest absolute Gasteiger partial charge is 0.385 e. The molecule has 2 aliphatic carbocycles. The molecule has 2 saturated carbocycles. The van der Waals surface area contributed by atoms with Gasteiger partial charge in [-0.05, 0) is 49.1 Å². The van der Waals surface area contributed by atoms with E-state index in [4.69, 9.17) is 5.73 Å². The van der Waals surface area contributed by atoms with Crippen LogP contribution in [-0.2, 0) is 5.60 Å². The fourth-order valence-electron chi connectivity index (χ4n) is 3.30. The van der Waals surface area contributed by atoms with Crippen LogP contribution in [0.4, 0.5) is 0 Å². The molecule has 2 heteroatoms. The number of nitrogens with two attached hydrogens (primary N) is 1. The van der Waals surface area contributed by atoms with Crippen LogP contribution in [0.1, 0.15) is 55.6 Å². The molecule has 1 aromatic carbocycles. The highest BCUT2D eigenvalue weighted by Gasteiger charge is 2.39. The lowest BCUT2D eigenvalue weighted by Crippen LogP contribution is -2.28. The van der Waals surface area contributed by atoms with Gasteiger partial charge in [0.1, 0.15) is 0 Å². The smallest absolute Gasteiger partial charge is 0.0914 e. The quantitative estimate of drug-likeness (QED) is 0.822. The minimum atomic E-state index is -0.661. The molecule has 2 aliphatic rings. The first-order valence-corrected chi connectivity index (χ1v) is 6.76. The Morgan fingerprint density at radius 1 is 1.18 bits per heavy atom. The van der Waals surface area contributed by atoms with Crippen molar-refractivity contribution in [3.63, 3.8) is 0 Å². The van der Waals surface area contributed by atoms with Gasteiger partial charge in [-0.25, -0.2) is 0 Å². The summed E-state index contributed by atoms with van der Waals surface area (Å²) in [5, 5.41) is 10.8. The number of hydrogen-bond acceptors (Lipinski definition) is 2. The lowest BCUT2D eigenvalue weighted by molar-refractivity contribution is 0.0413. The molecule has 2 atom stereocenters. The van der Waals surface area contributed by atoms with E-state index in [-0.39, 0.29) is 6.04 Å². The van der Waals surface area contributed by atoms with Crippen LogP contribution in [0.5, 0.6) is 0 Å². The van der Waals surface area contributed by atoms with E-state index in [1.54, 1.807) is 0 Å². The highest BCUT2D eigenvalue weighted by Crippen LogP contribution is 2.45. The van der Waals surface area contributed by atoms with Crippen molar-refractivity contribution in [2.24, 2.45) is 5.73 Å². The Labute approximate surface area is 103 Å². The molecule has 92 valence electrons. The van der Waals surface area contributed by atoms with Crippen molar-refractivity contribution in [1.29, 1.82) is 0 Å². The number of aliphatic hydroxyl groups is 1. The molecule has 2 fully saturated rings. The first-order valence-electron chi connectivity index (χ1n) is 6.76. The average Bonchev–Trinajstić information content (AvgIpc) is 2.58. The van der Waals surface area contributed by atoms with Crippen molar-refractivity contribution < 1.29 is 5.11 Å². The van der Waals surface area contributed by atoms with Gasteiger partial charge in [-0.15, -0.1) is 0 Å². The highest BCUT2D eigenvalue weighted by atomic mass is 16.3. The van der Waals surface area contributed by atoms with Crippen LogP contribution in [0.25, 0.3) is 0 Å². The van der Waals surface area contributed by atoms with Gasteiger partial charge in [-0.2, -0.15) is 0 Å². The predicted octanol–water partition coefficient (Wildman–Crippen LogP) is 2.65. The number of hydrogen-bond donors (Lipinski definition) is 2. The molecule has 0 spiro atoms. The van der Waals surface area contributed by atoms with Crippen molar-refractivity contribution in [3.8, 4) is 0 Å². The minimum absolute atomic E-state index is 0.162. The summed E-state index contributed by atoms with van der Waals surface area (Å²) in [6.07, 6.45) is 6.36. The second-order valence-electron chi connectivity index (χ2n) is 5.75. The molecule has 2 unspecified atom stereocenters. The second-order valence-corrected chi connectivity index (χ2v) is 5.75. The zero-order valence-corrected chi connectivity index (χ0v) is 10.2. The summed E-state index contributed by atoms with van der Waals surface area (Å²) in [6, 6.07) is 8.59. The fraction of sp³-hybridized carbons (Fsp3) is 0.600. The van der Waals surface area contributed by atoms with Crippen LogP contribution in [0.2, 0.25) is 0 Å². The SMILES string of the molecule is NC1CCC(O)(c2ccccc2C2CCC2)C1. The van der Waals surface area contributed by atoms with Crippen molar-refractivity contribution >= 4 is 0 Å². The number of rotatable bonds is 2. The maximum atomic E-state index is 10.8. The van der Waals surface area contributed by atoms with E-state index in [0.29, 0.717) is 5.92 Å². The van der Waals surface area contributed by atoms with Gasteiger partial charge in [-0.3, -0.25) is 0 Å². The van der Waals surface area contributed by atoms with Crippen molar-refractivity contribution in [1.82, 2.24) is 0 Å². The first kappa shape index (κ1) is 11.2. The summed E-state index contributed by atoms with van der Waals surface area (Å²) < 4.78 is 0. The zero-order chi connectivity index (χ0) is 11.9. The van der Waals surface area contributed by atoms with Crippen LogP contribution in [0.15, 0.2) is 24.3 Å². The molecular weight excluding hydrogens is 210 g/mol. The monoisotopic (exact) mass is 231 g/mol. The normalized spacial score (nSPS) is 33.6. The molecule has 0 aromatic heterocycles. The lowest BCUT2D eigenvalue weighted by atomic mass is 9.75. The highest BCUT2D eigenvalue weighted by molar-refractivity contribution is 5.37. The van der Waals surface area contributed by atoms with E-state index in [1.165, 1.54) is 24.8 Å². The van der Waals surface area contributed by atoms with E-state index >= 15 is 0 Å². The van der Waals surface area contributed by atoms with Crippen LogP contribution >= 0.6 is 0 Å². The molecule has 17 heavy (non-hydrogen) atoms. The summed E-state index contributed by atoms with van der Waals surface area (Å²) in [4.78, 5) is 0. The average molecular weight is 231 g/mol. The Kier molecular flexibility index (Phi) is 2.72. The van der Waals surface area contributed by atoms with Gasteiger partial charge in [0.15, 0.2) is 0 Å². The Morgan fingerprint density at radius 2 is 1.94 bits per heavy atom. The molecule has 0 aliphatic heterocycles. The van der Waals surface area contributed by atoms with Gasteiger partial charge in [0.05, 0.1) is 5.60 Å². The molecule has 2 nitrogen and oxygen atoms in total. The topological polar surface area (TPSA) is 46.2 Å². The Bertz CT molecular complexity index is 413. The Balaban J connectivity index is 1.96. The molecule has 1 aromatic rings. The van der Waals surface area contributed by atoms with E-state index in [1.807, 2.05) is 6.07 Å². The van der Waals surface area contributed by atoms with Crippen LogP contribution in [0.3, 0.4) is 0 Å². The van der Waals surface area contributed by atoms with Gasteiger partial charge in [0.25, 0.3) is 0 Å². The predicted molar refractivity (Wildman–Crippen MR) is 68.8 cm³/mol. The summed E-state index contributed by atoms with van der Waals surface area (Å²) in [5.41, 5.74) is 7.82. The maximum Gasteiger partial charge on any atom is 0.0914 e. The standard InChI is InChI=1S/C15H21NO/c16-12-8-9-15(17,10-12)14-7-2-1-6-13(14)11-4-3-5-11/h1-2,6-7,11-12,17H,3-5,8-10,16H2. The molecule has 0 radical (unpaired) electrons. The molecule has 0 saturated heterocycles. The van der Waals surface area contributed by atoms with Gasteiger partial charge < -0.3 is 10.8 Å². The van der Waals surface area contributed by atoms with Gasteiger partial charge in [-0.1, -0.05) is 30.7 Å². The van der Waals surface area contributed by atoms with E-state index in [2.05, 4.69) is 18.2 Å². The van der Waals surface area contributed by atoms with Gasteiger partial charge in [0.2, 0.25) is 0 Å². The Morgan fingerprint density at radius 3 is 2.53 bits per heavy atom. The molecule has 0 heterocycles. The first-order chi connectivity index (χ1) is 8.19. The van der Waals surface area contributed by atoms with Gasteiger partial charge >= 0.3 is 0 Å². The molecule has 3 N–H and O–H groups in total. The molecule has 0 amide bonds. The lowest BCUT2D eigenvalue weighted by Gasteiger charge is -2.33.